The summed E-state index contributed by atoms with van der Waals surface area (Å²) in [5.41, 5.74) is 0.208. The first-order chi connectivity index (χ1) is 6.34. The van der Waals surface area contributed by atoms with Crippen LogP contribution in [0.5, 0.6) is 0 Å². The van der Waals surface area contributed by atoms with Crippen LogP contribution in [0.2, 0.25) is 0 Å². The van der Waals surface area contributed by atoms with Gasteiger partial charge in [0.15, 0.2) is 0 Å². The molecule has 0 aromatic carbocycles. The molecule has 0 aliphatic rings. The van der Waals surface area contributed by atoms with Crippen molar-refractivity contribution in [2.24, 2.45) is 11.3 Å². The predicted octanol–water partition coefficient (Wildman–Crippen LogP) is 4.09. The fourth-order valence-corrected chi connectivity index (χ4v) is 1.27. The highest BCUT2D eigenvalue weighted by Crippen LogP contribution is 2.27. The Balaban J connectivity index is 3.37. The fourth-order valence-electron chi connectivity index (χ4n) is 1.12. The molecule has 0 saturated heterocycles. The molecule has 86 valence electrons. The van der Waals surface area contributed by atoms with Gasteiger partial charge in [0.05, 0.1) is 0 Å². The molecule has 0 amide bonds. The maximum absolute atomic E-state index is 6.24. The summed E-state index contributed by atoms with van der Waals surface area (Å²) in [6, 6.07) is 0. The van der Waals surface area contributed by atoms with Gasteiger partial charge in [0.25, 0.3) is 0 Å². The third-order valence-electron chi connectivity index (χ3n) is 2.14. The van der Waals surface area contributed by atoms with E-state index in [-0.39, 0.29) is 10.8 Å². The minimum Gasteiger partial charge on any atom is -0.381 e. The molecule has 0 aromatic rings. The second kappa shape index (κ2) is 6.68. The molecule has 1 atom stereocenters. The van der Waals surface area contributed by atoms with Crippen molar-refractivity contribution in [3.05, 3.63) is 0 Å². The molecule has 0 radical (unpaired) electrons. The van der Waals surface area contributed by atoms with E-state index < -0.39 is 0 Å². The van der Waals surface area contributed by atoms with Crippen molar-refractivity contribution in [1.82, 2.24) is 0 Å². The number of halogens is 1. The lowest BCUT2D eigenvalue weighted by Crippen LogP contribution is -2.21. The number of hydrogen-bond acceptors (Lipinski definition) is 1. The van der Waals surface area contributed by atoms with Crippen LogP contribution in [-0.4, -0.2) is 18.6 Å². The molecule has 0 aliphatic heterocycles. The third-order valence-corrected chi connectivity index (χ3v) is 3.01. The zero-order valence-electron chi connectivity index (χ0n) is 10.3. The van der Waals surface area contributed by atoms with Gasteiger partial charge in [-0.2, -0.15) is 0 Å². The highest BCUT2D eigenvalue weighted by atomic mass is 35.5. The zero-order chi connectivity index (χ0) is 11.2. The highest BCUT2D eigenvalue weighted by molar-refractivity contribution is 6.21. The van der Waals surface area contributed by atoms with Crippen molar-refractivity contribution in [3.63, 3.8) is 0 Å². The van der Waals surface area contributed by atoms with Crippen molar-refractivity contribution in [3.8, 4) is 0 Å². The van der Waals surface area contributed by atoms with Gasteiger partial charge in [-0.05, 0) is 24.2 Å². The monoisotopic (exact) mass is 220 g/mol. The van der Waals surface area contributed by atoms with Crippen LogP contribution in [0.25, 0.3) is 0 Å². The first-order valence-electron chi connectivity index (χ1n) is 5.56. The van der Waals surface area contributed by atoms with Crippen LogP contribution in [0, 0.1) is 11.3 Å². The summed E-state index contributed by atoms with van der Waals surface area (Å²) in [6.07, 6.45) is 2.11. The standard InChI is InChI=1S/C12H25ClO/c1-10(2)9-14-8-6-7-11(13)12(3,4)5/h10-11H,6-9H2,1-5H3. The second-order valence-corrected chi connectivity index (χ2v) is 5.97. The van der Waals surface area contributed by atoms with Gasteiger partial charge < -0.3 is 4.74 Å². The molecule has 0 N–H and O–H groups in total. The molecule has 1 unspecified atom stereocenters. The van der Waals surface area contributed by atoms with E-state index in [9.17, 15) is 0 Å². The summed E-state index contributed by atoms with van der Waals surface area (Å²) in [5.74, 6) is 0.629. The fraction of sp³-hybridized carbons (Fsp3) is 1.00. The first-order valence-corrected chi connectivity index (χ1v) is 5.99. The normalized spacial score (nSPS) is 14.8. The summed E-state index contributed by atoms with van der Waals surface area (Å²) >= 11 is 6.24. The van der Waals surface area contributed by atoms with Gasteiger partial charge >= 0.3 is 0 Å². The minimum atomic E-state index is 0.208. The Morgan fingerprint density at radius 2 is 1.79 bits per heavy atom. The van der Waals surface area contributed by atoms with E-state index in [1.807, 2.05) is 0 Å². The second-order valence-electron chi connectivity index (χ2n) is 5.44. The largest absolute Gasteiger partial charge is 0.381 e. The Hall–Kier alpha value is 0.250. The van der Waals surface area contributed by atoms with E-state index in [2.05, 4.69) is 34.6 Å². The smallest absolute Gasteiger partial charge is 0.0488 e. The van der Waals surface area contributed by atoms with Gasteiger partial charge in [0.2, 0.25) is 0 Å². The van der Waals surface area contributed by atoms with Gasteiger partial charge in [-0.15, -0.1) is 11.6 Å². The average molecular weight is 221 g/mol. The van der Waals surface area contributed by atoms with Crippen LogP contribution in [0.1, 0.15) is 47.5 Å². The Bertz CT molecular complexity index is 138. The van der Waals surface area contributed by atoms with Gasteiger partial charge in [-0.3, -0.25) is 0 Å². The average Bonchev–Trinajstić information content (AvgIpc) is 2.01. The lowest BCUT2D eigenvalue weighted by atomic mass is 9.89. The van der Waals surface area contributed by atoms with Crippen LogP contribution in [0.4, 0.5) is 0 Å². The van der Waals surface area contributed by atoms with Gasteiger partial charge in [0.1, 0.15) is 0 Å². The topological polar surface area (TPSA) is 9.23 Å². The lowest BCUT2D eigenvalue weighted by Gasteiger charge is -2.24. The van der Waals surface area contributed by atoms with E-state index in [1.54, 1.807) is 0 Å². The molecular formula is C12H25ClO. The molecule has 0 rings (SSSR count). The highest BCUT2D eigenvalue weighted by Gasteiger charge is 2.21. The summed E-state index contributed by atoms with van der Waals surface area (Å²) < 4.78 is 5.50. The number of hydrogen-bond donors (Lipinski definition) is 0. The van der Waals surface area contributed by atoms with Crippen molar-refractivity contribution < 1.29 is 4.74 Å². The van der Waals surface area contributed by atoms with Crippen molar-refractivity contribution in [1.29, 1.82) is 0 Å². The molecule has 0 spiro atoms. The quantitative estimate of drug-likeness (QED) is 0.484. The molecule has 0 fully saturated rings. The summed E-state index contributed by atoms with van der Waals surface area (Å²) in [5, 5.41) is 0.255. The summed E-state index contributed by atoms with van der Waals surface area (Å²) in [7, 11) is 0. The maximum atomic E-state index is 6.24. The molecular weight excluding hydrogens is 196 g/mol. The molecule has 0 heterocycles. The first kappa shape index (κ1) is 14.2. The van der Waals surface area contributed by atoms with Crippen LogP contribution in [0.15, 0.2) is 0 Å². The molecule has 0 aromatic heterocycles. The molecule has 0 saturated carbocycles. The number of rotatable bonds is 6. The minimum absolute atomic E-state index is 0.208. The summed E-state index contributed by atoms with van der Waals surface area (Å²) in [4.78, 5) is 0. The lowest BCUT2D eigenvalue weighted by molar-refractivity contribution is 0.105. The predicted molar refractivity (Wildman–Crippen MR) is 64.0 cm³/mol. The van der Waals surface area contributed by atoms with Crippen molar-refractivity contribution in [2.75, 3.05) is 13.2 Å². The van der Waals surface area contributed by atoms with E-state index in [4.69, 9.17) is 16.3 Å². The Morgan fingerprint density at radius 3 is 2.21 bits per heavy atom. The van der Waals surface area contributed by atoms with E-state index in [0.29, 0.717) is 5.92 Å². The van der Waals surface area contributed by atoms with Crippen LogP contribution in [-0.2, 0) is 4.74 Å². The Kier molecular flexibility index (Phi) is 6.80. The van der Waals surface area contributed by atoms with Crippen molar-refractivity contribution >= 4 is 11.6 Å². The van der Waals surface area contributed by atoms with Crippen molar-refractivity contribution in [2.45, 2.75) is 52.8 Å². The number of alkyl halides is 1. The Labute approximate surface area is 94.2 Å². The molecule has 1 nitrogen and oxygen atoms in total. The molecule has 2 heteroatoms. The molecule has 14 heavy (non-hydrogen) atoms. The number of ether oxygens (including phenoxy) is 1. The molecule has 0 bridgehead atoms. The van der Waals surface area contributed by atoms with Gasteiger partial charge in [0, 0.05) is 18.6 Å². The van der Waals surface area contributed by atoms with E-state index in [1.165, 1.54) is 0 Å². The third kappa shape index (κ3) is 7.64. The van der Waals surface area contributed by atoms with E-state index >= 15 is 0 Å². The van der Waals surface area contributed by atoms with Crippen LogP contribution in [0.3, 0.4) is 0 Å². The maximum Gasteiger partial charge on any atom is 0.0488 e. The van der Waals surface area contributed by atoms with E-state index in [0.717, 1.165) is 26.1 Å². The SMILES string of the molecule is CC(C)COCCCC(Cl)C(C)(C)C. The zero-order valence-corrected chi connectivity index (χ0v) is 11.0. The summed E-state index contributed by atoms with van der Waals surface area (Å²) in [6.45, 7) is 12.6. The van der Waals surface area contributed by atoms with Gasteiger partial charge in [-0.25, -0.2) is 0 Å². The van der Waals surface area contributed by atoms with Crippen LogP contribution < -0.4 is 0 Å². The van der Waals surface area contributed by atoms with Gasteiger partial charge in [-0.1, -0.05) is 34.6 Å². The molecule has 0 aliphatic carbocycles. The van der Waals surface area contributed by atoms with Crippen LogP contribution >= 0.6 is 11.6 Å². The Morgan fingerprint density at radius 1 is 1.21 bits per heavy atom.